The zero-order valence-electron chi connectivity index (χ0n) is 25.5. The summed E-state index contributed by atoms with van der Waals surface area (Å²) in [4.78, 5) is 12.9. The number of hydrogen-bond donors (Lipinski definition) is 1. The van der Waals surface area contributed by atoms with Crippen molar-refractivity contribution in [3.05, 3.63) is 59.4 Å². The zero-order chi connectivity index (χ0) is 27.6. The van der Waals surface area contributed by atoms with Gasteiger partial charge in [0.25, 0.3) is 5.91 Å². The van der Waals surface area contributed by atoms with E-state index >= 15 is 0 Å². The van der Waals surface area contributed by atoms with E-state index in [0.29, 0.717) is 12.1 Å². The van der Waals surface area contributed by atoms with Crippen molar-refractivity contribution in [1.82, 2.24) is 5.32 Å². The van der Waals surface area contributed by atoms with Gasteiger partial charge < -0.3 is 34.0 Å². The number of ether oxygens (including phenoxy) is 1. The van der Waals surface area contributed by atoms with Crippen molar-refractivity contribution in [2.45, 2.75) is 137 Å². The molecule has 0 radical (unpaired) electrons. The molecule has 0 saturated carbocycles. The van der Waals surface area contributed by atoms with Crippen LogP contribution in [-0.2, 0) is 18.5 Å². The fourth-order valence-electron chi connectivity index (χ4n) is 4.87. The molecule has 1 aromatic heterocycles. The second kappa shape index (κ2) is 20.3. The average Bonchev–Trinajstić information content (AvgIpc) is 2.90. The van der Waals surface area contributed by atoms with E-state index < -0.39 is 0 Å². The first-order chi connectivity index (χ1) is 18.3. The second-order valence-electron chi connectivity index (χ2n) is 11.8. The van der Waals surface area contributed by atoms with Crippen molar-refractivity contribution in [1.29, 1.82) is 0 Å². The third kappa shape index (κ3) is 14.5. The highest BCUT2D eigenvalue weighted by Gasteiger charge is 2.21. The minimum absolute atomic E-state index is 0. The number of rotatable bonds is 19. The van der Waals surface area contributed by atoms with Crippen LogP contribution < -0.4 is 38.6 Å². The van der Waals surface area contributed by atoms with E-state index in [1.165, 1.54) is 70.6 Å². The summed E-state index contributed by atoms with van der Waals surface area (Å²) in [5.74, 6) is 0.856. The SMILES string of the molecule is CCCCCCCCCCCCCCOc1ccc(C(=O)NCc2ccc[n+](CCC)c2)cc1C(C)(C)C.[I-]. The molecule has 220 valence electrons. The molecule has 0 aliphatic heterocycles. The highest BCUT2D eigenvalue weighted by Crippen LogP contribution is 2.32. The van der Waals surface area contributed by atoms with Gasteiger partial charge >= 0.3 is 0 Å². The van der Waals surface area contributed by atoms with Gasteiger partial charge in [0, 0.05) is 35.7 Å². The van der Waals surface area contributed by atoms with Crippen molar-refractivity contribution in [2.24, 2.45) is 0 Å². The molecule has 2 rings (SSSR count). The van der Waals surface area contributed by atoms with Crippen LogP contribution in [0.25, 0.3) is 0 Å². The summed E-state index contributed by atoms with van der Waals surface area (Å²) >= 11 is 0. The van der Waals surface area contributed by atoms with Gasteiger partial charge in [0.1, 0.15) is 12.3 Å². The zero-order valence-corrected chi connectivity index (χ0v) is 27.7. The number of unbranched alkanes of at least 4 members (excludes halogenated alkanes) is 11. The van der Waals surface area contributed by atoms with Crippen LogP contribution in [0.1, 0.15) is 140 Å². The number of aryl methyl sites for hydroxylation is 1. The predicted octanol–water partition coefficient (Wildman–Crippen LogP) is 5.70. The van der Waals surface area contributed by atoms with Crippen LogP contribution in [0.15, 0.2) is 42.7 Å². The number of aromatic nitrogens is 1. The van der Waals surface area contributed by atoms with Crippen molar-refractivity contribution >= 4 is 5.91 Å². The summed E-state index contributed by atoms with van der Waals surface area (Å²) < 4.78 is 8.39. The van der Waals surface area contributed by atoms with E-state index in [0.717, 1.165) is 42.9 Å². The maximum atomic E-state index is 12.9. The second-order valence-corrected chi connectivity index (χ2v) is 11.8. The molecule has 0 bridgehead atoms. The molecular formula is C34H55IN2O2. The first-order valence-electron chi connectivity index (χ1n) is 15.4. The summed E-state index contributed by atoms with van der Waals surface area (Å²) in [7, 11) is 0. The number of carbonyl (C=O) groups excluding carboxylic acids is 1. The minimum atomic E-state index is -0.104. The molecule has 0 aliphatic carbocycles. The third-order valence-corrected chi connectivity index (χ3v) is 7.16. The Balaban J connectivity index is 0.00000760. The van der Waals surface area contributed by atoms with E-state index in [9.17, 15) is 4.79 Å². The molecule has 0 fully saturated rings. The lowest BCUT2D eigenvalue weighted by Crippen LogP contribution is -3.00. The summed E-state index contributed by atoms with van der Waals surface area (Å²) in [6.45, 7) is 13.2. The third-order valence-electron chi connectivity index (χ3n) is 7.16. The Hall–Kier alpha value is -1.63. The van der Waals surface area contributed by atoms with Crippen LogP contribution in [0.4, 0.5) is 0 Å². The predicted molar refractivity (Wildman–Crippen MR) is 160 cm³/mol. The van der Waals surface area contributed by atoms with Crippen molar-refractivity contribution in [3.8, 4) is 5.75 Å². The molecule has 1 aromatic carbocycles. The van der Waals surface area contributed by atoms with Gasteiger partial charge in [0.05, 0.1) is 6.61 Å². The summed E-state index contributed by atoms with van der Waals surface area (Å²) in [6, 6.07) is 9.98. The normalized spacial score (nSPS) is 11.2. The molecule has 0 atom stereocenters. The van der Waals surface area contributed by atoms with Crippen LogP contribution in [0.2, 0.25) is 0 Å². The topological polar surface area (TPSA) is 42.2 Å². The highest BCUT2D eigenvalue weighted by atomic mass is 127. The molecule has 0 saturated heterocycles. The fourth-order valence-corrected chi connectivity index (χ4v) is 4.87. The Kier molecular flexibility index (Phi) is 18.4. The lowest BCUT2D eigenvalue weighted by molar-refractivity contribution is -0.697. The number of carbonyl (C=O) groups is 1. The maximum Gasteiger partial charge on any atom is 0.251 e. The van der Waals surface area contributed by atoms with E-state index in [-0.39, 0.29) is 35.3 Å². The van der Waals surface area contributed by atoms with Crippen LogP contribution in [0.5, 0.6) is 5.75 Å². The number of benzene rings is 1. The Morgan fingerprint density at radius 2 is 1.46 bits per heavy atom. The van der Waals surface area contributed by atoms with Gasteiger partial charge in [-0.1, -0.05) is 105 Å². The van der Waals surface area contributed by atoms with Crippen LogP contribution >= 0.6 is 0 Å². The molecule has 0 unspecified atom stereocenters. The summed E-state index contributed by atoms with van der Waals surface area (Å²) in [5, 5.41) is 3.09. The smallest absolute Gasteiger partial charge is 0.251 e. The molecule has 0 spiro atoms. The first kappa shape index (κ1) is 35.4. The molecule has 1 amide bonds. The Bertz CT molecular complexity index is 939. The van der Waals surface area contributed by atoms with Crippen LogP contribution in [0, 0.1) is 0 Å². The average molecular weight is 651 g/mol. The van der Waals surface area contributed by atoms with Gasteiger partial charge in [-0.2, -0.15) is 0 Å². The van der Waals surface area contributed by atoms with Gasteiger partial charge in [-0.25, -0.2) is 4.57 Å². The lowest BCUT2D eigenvalue weighted by Gasteiger charge is -2.23. The Labute approximate surface area is 256 Å². The fraction of sp³-hybridized carbons (Fsp3) is 0.647. The van der Waals surface area contributed by atoms with E-state index in [1.807, 2.05) is 24.3 Å². The van der Waals surface area contributed by atoms with Gasteiger partial charge in [-0.3, -0.25) is 4.79 Å². The summed E-state index contributed by atoms with van der Waals surface area (Å²) in [5.41, 5.74) is 2.77. The monoisotopic (exact) mass is 650 g/mol. The number of pyridine rings is 1. The molecule has 0 aliphatic rings. The van der Waals surface area contributed by atoms with Gasteiger partial charge in [-0.05, 0) is 36.1 Å². The van der Waals surface area contributed by atoms with Crippen molar-refractivity contribution < 1.29 is 38.1 Å². The number of hydrogen-bond acceptors (Lipinski definition) is 2. The molecule has 4 nitrogen and oxygen atoms in total. The Morgan fingerprint density at radius 1 is 0.846 bits per heavy atom. The maximum absolute atomic E-state index is 12.9. The molecule has 39 heavy (non-hydrogen) atoms. The number of nitrogens with one attached hydrogen (secondary N) is 1. The van der Waals surface area contributed by atoms with Crippen LogP contribution in [-0.4, -0.2) is 12.5 Å². The molecule has 1 heterocycles. The number of halogens is 1. The number of nitrogens with zero attached hydrogens (tertiary/aromatic N) is 1. The quantitative estimate of drug-likeness (QED) is 0.121. The van der Waals surface area contributed by atoms with E-state index in [4.69, 9.17) is 4.74 Å². The lowest BCUT2D eigenvalue weighted by atomic mass is 9.85. The molecule has 1 N–H and O–H groups in total. The highest BCUT2D eigenvalue weighted by molar-refractivity contribution is 5.94. The van der Waals surface area contributed by atoms with Gasteiger partial charge in [0.15, 0.2) is 12.4 Å². The molecule has 5 heteroatoms. The van der Waals surface area contributed by atoms with Crippen molar-refractivity contribution in [2.75, 3.05) is 6.61 Å². The van der Waals surface area contributed by atoms with Crippen molar-refractivity contribution in [3.63, 3.8) is 0 Å². The van der Waals surface area contributed by atoms with Gasteiger partial charge in [-0.15, -0.1) is 0 Å². The van der Waals surface area contributed by atoms with E-state index in [1.54, 1.807) is 0 Å². The van der Waals surface area contributed by atoms with Crippen LogP contribution in [0.3, 0.4) is 0 Å². The standard InChI is InChI=1S/C34H54N2O2.HI/c1-6-8-9-10-11-12-13-14-15-16-17-18-25-38-32-22-21-30(26-31(32)34(3,4)5)33(37)35-27-29-20-19-24-36(28-29)23-7-2;/h19-22,24,26,28H,6-18,23,25,27H2,1-5H3;1H. The molecular weight excluding hydrogens is 595 g/mol. The Morgan fingerprint density at radius 3 is 2.05 bits per heavy atom. The van der Waals surface area contributed by atoms with E-state index in [2.05, 4.69) is 63.0 Å². The first-order valence-corrected chi connectivity index (χ1v) is 15.4. The van der Waals surface area contributed by atoms with Gasteiger partial charge in [0.2, 0.25) is 0 Å². The largest absolute Gasteiger partial charge is 1.00 e. The minimum Gasteiger partial charge on any atom is -1.00 e. The molecule has 2 aromatic rings. The number of amides is 1. The summed E-state index contributed by atoms with van der Waals surface area (Å²) in [6.07, 6.45) is 21.3.